The highest BCUT2D eigenvalue weighted by Gasteiger charge is 2.16. The number of rotatable bonds is 5. The minimum atomic E-state index is -0.179. The van der Waals surface area contributed by atoms with Gasteiger partial charge in [0, 0.05) is 13.0 Å². The number of amides is 1. The predicted molar refractivity (Wildman–Crippen MR) is 119 cm³/mol. The second-order valence-corrected chi connectivity index (χ2v) is 8.09. The zero-order valence-corrected chi connectivity index (χ0v) is 18.6. The molecule has 0 atom stereocenters. The maximum atomic E-state index is 12.6. The fourth-order valence-corrected chi connectivity index (χ4v) is 3.88. The number of carbonyl (C=O) groups excluding carboxylic acids is 1. The number of furan rings is 1. The van der Waals surface area contributed by atoms with Crippen LogP contribution in [0, 0.1) is 48.5 Å². The average molecular weight is 390 g/mol. The molecule has 0 fully saturated rings. The van der Waals surface area contributed by atoms with E-state index in [9.17, 15) is 4.79 Å². The maximum Gasteiger partial charge on any atom is 0.287 e. The Bertz CT molecular complexity index is 1040. The quantitative estimate of drug-likeness (QED) is 0.585. The van der Waals surface area contributed by atoms with Crippen molar-refractivity contribution >= 4 is 5.91 Å². The van der Waals surface area contributed by atoms with E-state index < -0.39 is 0 Å². The van der Waals surface area contributed by atoms with Crippen LogP contribution in [0.25, 0.3) is 0 Å². The highest BCUT2D eigenvalue weighted by molar-refractivity contribution is 5.91. The van der Waals surface area contributed by atoms with Gasteiger partial charge in [0.1, 0.15) is 5.76 Å². The van der Waals surface area contributed by atoms with E-state index in [0.717, 1.165) is 11.3 Å². The monoisotopic (exact) mass is 389 g/mol. The van der Waals surface area contributed by atoms with Crippen LogP contribution in [0.15, 0.2) is 34.7 Å². The molecule has 1 amide bonds. The van der Waals surface area contributed by atoms with Gasteiger partial charge in [-0.3, -0.25) is 4.79 Å². The lowest BCUT2D eigenvalue weighted by Gasteiger charge is -2.18. The maximum absolute atomic E-state index is 12.6. The highest BCUT2D eigenvalue weighted by atomic mass is 16.3. The van der Waals surface area contributed by atoms with Gasteiger partial charge in [-0.25, -0.2) is 0 Å². The molecule has 0 bridgehead atoms. The van der Waals surface area contributed by atoms with E-state index in [4.69, 9.17) is 4.42 Å². The first-order valence-corrected chi connectivity index (χ1v) is 10.2. The fraction of sp³-hybridized carbons (Fsp3) is 0.346. The second-order valence-electron chi connectivity index (χ2n) is 8.09. The zero-order valence-electron chi connectivity index (χ0n) is 18.6. The number of benzene rings is 2. The van der Waals surface area contributed by atoms with Gasteiger partial charge in [0.15, 0.2) is 5.76 Å². The SMILES string of the molecule is Cc1cccc(CNC(=O)c2ccc(Cc3c(C)c(C)c(C)c(C)c3C)o2)c1C. The fourth-order valence-electron chi connectivity index (χ4n) is 3.88. The van der Waals surface area contributed by atoms with Gasteiger partial charge in [0.2, 0.25) is 0 Å². The summed E-state index contributed by atoms with van der Waals surface area (Å²) in [6.07, 6.45) is 0.698. The summed E-state index contributed by atoms with van der Waals surface area (Å²) in [6.45, 7) is 15.5. The Morgan fingerprint density at radius 3 is 2.07 bits per heavy atom. The molecule has 3 aromatic rings. The Kier molecular flexibility index (Phi) is 5.97. The highest BCUT2D eigenvalue weighted by Crippen LogP contribution is 2.28. The van der Waals surface area contributed by atoms with Gasteiger partial charge in [-0.2, -0.15) is 0 Å². The standard InChI is InChI=1S/C26H31NO2/c1-15-9-8-10-22(16(15)2)14-27-26(28)25-12-11-23(29-25)13-24-20(6)18(4)17(3)19(5)21(24)7/h8-12H,13-14H2,1-7H3,(H,27,28). The van der Waals surface area contributed by atoms with Crippen LogP contribution in [-0.2, 0) is 13.0 Å². The third-order valence-corrected chi connectivity index (χ3v) is 6.55. The molecule has 0 aliphatic heterocycles. The van der Waals surface area contributed by atoms with Gasteiger partial charge in [-0.05, 0) is 111 Å². The van der Waals surface area contributed by atoms with Crippen molar-refractivity contribution in [1.82, 2.24) is 5.32 Å². The molecular weight excluding hydrogens is 358 g/mol. The average Bonchev–Trinajstić information content (AvgIpc) is 3.18. The van der Waals surface area contributed by atoms with E-state index >= 15 is 0 Å². The predicted octanol–water partition coefficient (Wildman–Crippen LogP) is 5.96. The summed E-state index contributed by atoms with van der Waals surface area (Å²) in [4.78, 5) is 12.6. The molecule has 1 aromatic heterocycles. The number of hydrogen-bond acceptors (Lipinski definition) is 2. The number of aryl methyl sites for hydroxylation is 1. The van der Waals surface area contributed by atoms with Crippen molar-refractivity contribution in [3.8, 4) is 0 Å². The molecule has 0 unspecified atom stereocenters. The molecule has 3 heteroatoms. The Hall–Kier alpha value is -2.81. The molecule has 0 radical (unpaired) electrons. The normalized spacial score (nSPS) is 11.0. The van der Waals surface area contributed by atoms with E-state index in [-0.39, 0.29) is 5.91 Å². The largest absolute Gasteiger partial charge is 0.456 e. The van der Waals surface area contributed by atoms with Crippen molar-refractivity contribution in [2.75, 3.05) is 0 Å². The summed E-state index contributed by atoms with van der Waals surface area (Å²) in [7, 11) is 0. The van der Waals surface area contributed by atoms with Gasteiger partial charge in [-0.15, -0.1) is 0 Å². The Morgan fingerprint density at radius 1 is 0.793 bits per heavy atom. The Balaban J connectivity index is 1.74. The molecule has 3 nitrogen and oxygen atoms in total. The van der Waals surface area contributed by atoms with Crippen LogP contribution in [0.5, 0.6) is 0 Å². The topological polar surface area (TPSA) is 42.2 Å². The number of nitrogens with one attached hydrogen (secondary N) is 1. The lowest BCUT2D eigenvalue weighted by Crippen LogP contribution is -2.22. The van der Waals surface area contributed by atoms with E-state index in [1.165, 1.54) is 44.5 Å². The molecule has 1 N–H and O–H groups in total. The van der Waals surface area contributed by atoms with E-state index in [2.05, 4.69) is 59.8 Å². The summed E-state index contributed by atoms with van der Waals surface area (Å²) < 4.78 is 5.90. The Morgan fingerprint density at radius 2 is 1.41 bits per heavy atom. The number of carbonyl (C=O) groups is 1. The number of hydrogen-bond donors (Lipinski definition) is 1. The molecule has 29 heavy (non-hydrogen) atoms. The van der Waals surface area contributed by atoms with E-state index in [0.29, 0.717) is 18.7 Å². The first-order valence-electron chi connectivity index (χ1n) is 10.2. The van der Waals surface area contributed by atoms with Crippen LogP contribution < -0.4 is 5.32 Å². The molecule has 0 aliphatic carbocycles. The molecule has 2 aromatic carbocycles. The lowest BCUT2D eigenvalue weighted by atomic mass is 9.88. The van der Waals surface area contributed by atoms with Crippen molar-refractivity contribution in [3.05, 3.63) is 91.9 Å². The summed E-state index contributed by atoms with van der Waals surface area (Å²) in [6, 6.07) is 9.83. The Labute approximate surface area is 174 Å². The van der Waals surface area contributed by atoms with Crippen molar-refractivity contribution in [2.24, 2.45) is 0 Å². The van der Waals surface area contributed by atoms with Crippen LogP contribution in [0.2, 0.25) is 0 Å². The molecule has 1 heterocycles. The third kappa shape index (κ3) is 4.14. The van der Waals surface area contributed by atoms with Crippen LogP contribution in [0.3, 0.4) is 0 Å². The van der Waals surface area contributed by atoms with Gasteiger partial charge in [-0.1, -0.05) is 18.2 Å². The van der Waals surface area contributed by atoms with Crippen LogP contribution >= 0.6 is 0 Å². The molecule has 152 valence electrons. The molecular formula is C26H31NO2. The zero-order chi connectivity index (χ0) is 21.3. The molecule has 0 saturated heterocycles. The van der Waals surface area contributed by atoms with Gasteiger partial charge in [0.05, 0.1) is 0 Å². The van der Waals surface area contributed by atoms with Crippen LogP contribution in [0.4, 0.5) is 0 Å². The van der Waals surface area contributed by atoms with Crippen LogP contribution in [0.1, 0.15) is 66.4 Å². The second kappa shape index (κ2) is 8.28. The summed E-state index contributed by atoms with van der Waals surface area (Å²) in [5.74, 6) is 0.999. The smallest absolute Gasteiger partial charge is 0.287 e. The van der Waals surface area contributed by atoms with E-state index in [1.807, 2.05) is 18.2 Å². The minimum Gasteiger partial charge on any atom is -0.456 e. The molecule has 0 spiro atoms. The van der Waals surface area contributed by atoms with Crippen molar-refractivity contribution in [1.29, 1.82) is 0 Å². The minimum absolute atomic E-state index is 0.179. The van der Waals surface area contributed by atoms with E-state index in [1.54, 1.807) is 6.07 Å². The summed E-state index contributed by atoms with van der Waals surface area (Å²) in [5, 5.41) is 2.98. The van der Waals surface area contributed by atoms with Crippen molar-refractivity contribution in [2.45, 2.75) is 61.4 Å². The summed E-state index contributed by atoms with van der Waals surface area (Å²) >= 11 is 0. The molecule has 3 rings (SSSR count). The first-order chi connectivity index (χ1) is 13.7. The van der Waals surface area contributed by atoms with Crippen LogP contribution in [-0.4, -0.2) is 5.91 Å². The van der Waals surface area contributed by atoms with Gasteiger partial charge in [0.25, 0.3) is 5.91 Å². The van der Waals surface area contributed by atoms with Crippen molar-refractivity contribution < 1.29 is 9.21 Å². The molecule has 0 saturated carbocycles. The third-order valence-electron chi connectivity index (χ3n) is 6.55. The lowest BCUT2D eigenvalue weighted by molar-refractivity contribution is 0.0921. The molecule has 0 aliphatic rings. The van der Waals surface area contributed by atoms with Crippen molar-refractivity contribution in [3.63, 3.8) is 0 Å². The van der Waals surface area contributed by atoms with Gasteiger partial charge < -0.3 is 9.73 Å². The summed E-state index contributed by atoms with van der Waals surface area (Å²) in [5.41, 5.74) is 11.5. The van der Waals surface area contributed by atoms with Gasteiger partial charge >= 0.3 is 0 Å². The first kappa shape index (κ1) is 20.9.